The minimum Gasteiger partial charge on any atom is -0.447 e. The number of H-pyrrole nitrogens is 1. The third-order valence-electron chi connectivity index (χ3n) is 4.56. The number of cyclic esters (lactones) is 1. The molecule has 10 nitrogen and oxygen atoms in total. The van der Waals surface area contributed by atoms with Gasteiger partial charge in [-0.05, 0) is 24.3 Å². The van der Waals surface area contributed by atoms with Crippen LogP contribution in [-0.4, -0.2) is 43.2 Å². The number of halogens is 1. The molecule has 1 saturated heterocycles. The number of amides is 1. The van der Waals surface area contributed by atoms with Crippen LogP contribution in [0.1, 0.15) is 17.4 Å². The number of hydrogen-bond acceptors (Lipinski definition) is 9. The molecule has 152 valence electrons. The van der Waals surface area contributed by atoms with Crippen LogP contribution in [-0.2, 0) is 11.3 Å². The number of aliphatic hydroxyl groups is 1. The Labute approximate surface area is 178 Å². The molecular weight excluding hydrogens is 430 g/mol. The molecule has 1 aliphatic rings. The van der Waals surface area contributed by atoms with E-state index in [0.29, 0.717) is 32.2 Å². The smallest absolute Gasteiger partial charge is 0.407 e. The normalized spacial score (nSPS) is 15.9. The van der Waals surface area contributed by atoms with Crippen molar-refractivity contribution in [2.75, 3.05) is 11.9 Å². The Morgan fingerprint density at radius 1 is 1.33 bits per heavy atom. The van der Waals surface area contributed by atoms with E-state index in [-0.39, 0.29) is 19.3 Å². The predicted octanol–water partition coefficient (Wildman–Crippen LogP) is 3.15. The Bertz CT molecular complexity index is 1260. The van der Waals surface area contributed by atoms with Gasteiger partial charge in [0.25, 0.3) is 0 Å². The number of benzene rings is 1. The van der Waals surface area contributed by atoms with Crippen LogP contribution in [0.15, 0.2) is 30.5 Å². The van der Waals surface area contributed by atoms with E-state index in [1.807, 2.05) is 12.1 Å². The molecule has 0 bridgehead atoms. The summed E-state index contributed by atoms with van der Waals surface area (Å²) < 4.78 is 4.94. The topological polar surface area (TPSA) is 138 Å². The molecule has 1 aliphatic heterocycles. The fourth-order valence-corrected chi connectivity index (χ4v) is 4.13. The largest absolute Gasteiger partial charge is 0.447 e. The summed E-state index contributed by atoms with van der Waals surface area (Å²) in [7, 11) is 0. The van der Waals surface area contributed by atoms with Gasteiger partial charge in [-0.15, -0.1) is 10.2 Å². The Balaban J connectivity index is 1.44. The van der Waals surface area contributed by atoms with Crippen LogP contribution in [0.4, 0.5) is 15.6 Å². The molecule has 4 heterocycles. The zero-order valence-electron chi connectivity index (χ0n) is 15.2. The Hall–Kier alpha value is -3.28. The number of ether oxygens (including phenoxy) is 1. The lowest BCUT2D eigenvalue weighted by Crippen LogP contribution is -2.19. The van der Waals surface area contributed by atoms with Crippen LogP contribution in [0.25, 0.3) is 21.5 Å². The van der Waals surface area contributed by atoms with Gasteiger partial charge >= 0.3 is 6.09 Å². The standard InChI is InChI=1S/C18H14ClN7O3S/c19-15-10-5-20-24-11(10)1-2-12(15)22-17-26-25-16(30-17)8-3-9(6-27)21-13(4-8)14-7-29-18(28)23-14/h1-5,14,27H,6-7H2,(H,20,24)(H,22,26)(H,23,28). The van der Waals surface area contributed by atoms with Crippen molar-refractivity contribution in [1.29, 1.82) is 0 Å². The van der Waals surface area contributed by atoms with E-state index >= 15 is 0 Å². The zero-order valence-corrected chi connectivity index (χ0v) is 16.8. The molecule has 1 atom stereocenters. The number of nitrogens with one attached hydrogen (secondary N) is 3. The number of carbonyl (C=O) groups is 1. The highest BCUT2D eigenvalue weighted by Gasteiger charge is 2.26. The molecule has 4 aromatic rings. The molecule has 1 fully saturated rings. The van der Waals surface area contributed by atoms with E-state index in [2.05, 4.69) is 36.0 Å². The maximum Gasteiger partial charge on any atom is 0.407 e. The van der Waals surface area contributed by atoms with Crippen LogP contribution in [0.5, 0.6) is 0 Å². The van der Waals surface area contributed by atoms with Gasteiger partial charge in [-0.3, -0.25) is 10.1 Å². The van der Waals surface area contributed by atoms with Crippen molar-refractivity contribution >= 4 is 50.8 Å². The number of aliphatic hydroxyl groups excluding tert-OH is 1. The van der Waals surface area contributed by atoms with E-state index in [1.165, 1.54) is 11.3 Å². The number of hydrogen-bond donors (Lipinski definition) is 4. The third kappa shape index (κ3) is 3.43. The van der Waals surface area contributed by atoms with E-state index < -0.39 is 6.09 Å². The molecule has 30 heavy (non-hydrogen) atoms. The van der Waals surface area contributed by atoms with Crippen LogP contribution in [0, 0.1) is 0 Å². The lowest BCUT2D eigenvalue weighted by molar-refractivity contribution is 0.176. The molecule has 0 spiro atoms. The number of pyridine rings is 1. The summed E-state index contributed by atoms with van der Waals surface area (Å²) in [6.45, 7) is -0.0648. The maximum absolute atomic E-state index is 11.3. The zero-order chi connectivity index (χ0) is 20.7. The van der Waals surface area contributed by atoms with Gasteiger partial charge < -0.3 is 20.5 Å². The molecular formula is C18H14ClN7O3S. The predicted molar refractivity (Wildman–Crippen MR) is 111 cm³/mol. The second-order valence-corrected chi connectivity index (χ2v) is 7.88. The van der Waals surface area contributed by atoms with Crippen LogP contribution < -0.4 is 10.6 Å². The number of aromatic amines is 1. The lowest BCUT2D eigenvalue weighted by Gasteiger charge is -2.10. The summed E-state index contributed by atoms with van der Waals surface area (Å²) in [5, 5.41) is 33.2. The molecule has 0 aliphatic carbocycles. The third-order valence-corrected chi connectivity index (χ3v) is 5.86. The van der Waals surface area contributed by atoms with Gasteiger partial charge in [-0.1, -0.05) is 22.9 Å². The van der Waals surface area contributed by atoms with Gasteiger partial charge in [0.05, 0.1) is 40.4 Å². The Morgan fingerprint density at radius 2 is 2.23 bits per heavy atom. The van der Waals surface area contributed by atoms with Gasteiger partial charge in [0.2, 0.25) is 5.13 Å². The van der Waals surface area contributed by atoms with Gasteiger partial charge in [0.1, 0.15) is 17.7 Å². The average Bonchev–Trinajstić information content (AvgIpc) is 3.50. The Morgan fingerprint density at radius 3 is 3.03 bits per heavy atom. The second-order valence-electron chi connectivity index (χ2n) is 6.52. The summed E-state index contributed by atoms with van der Waals surface area (Å²) in [5.74, 6) is 0. The summed E-state index contributed by atoms with van der Waals surface area (Å²) in [5.41, 5.74) is 3.30. The van der Waals surface area contributed by atoms with E-state index in [1.54, 1.807) is 18.3 Å². The quantitative estimate of drug-likeness (QED) is 0.369. The SMILES string of the molecule is O=C1NC(c2cc(-c3nnc(Nc4ccc5[nH]ncc5c4Cl)s3)cc(CO)n2)CO1. The molecule has 0 radical (unpaired) electrons. The fourth-order valence-electron chi connectivity index (χ4n) is 3.12. The van der Waals surface area contributed by atoms with Crippen molar-refractivity contribution in [3.05, 3.63) is 46.9 Å². The van der Waals surface area contributed by atoms with Crippen molar-refractivity contribution in [1.82, 2.24) is 30.7 Å². The van der Waals surface area contributed by atoms with E-state index in [9.17, 15) is 9.90 Å². The number of anilines is 2. The monoisotopic (exact) mass is 443 g/mol. The fraction of sp³-hybridized carbons (Fsp3) is 0.167. The first kappa shape index (κ1) is 18.7. The molecule has 0 saturated carbocycles. The minimum absolute atomic E-state index is 0.179. The molecule has 3 aromatic heterocycles. The summed E-state index contributed by atoms with van der Waals surface area (Å²) in [6, 6.07) is 6.86. The number of aromatic nitrogens is 5. The summed E-state index contributed by atoms with van der Waals surface area (Å²) >= 11 is 7.78. The van der Waals surface area contributed by atoms with Gasteiger partial charge in [0.15, 0.2) is 0 Å². The van der Waals surface area contributed by atoms with Crippen molar-refractivity contribution in [3.8, 4) is 10.6 Å². The van der Waals surface area contributed by atoms with Gasteiger partial charge in [-0.2, -0.15) is 5.10 Å². The highest BCUT2D eigenvalue weighted by atomic mass is 35.5. The van der Waals surface area contributed by atoms with Crippen molar-refractivity contribution in [2.45, 2.75) is 12.6 Å². The minimum atomic E-state index is -0.494. The Kier molecular flexibility index (Phi) is 4.69. The number of nitrogens with zero attached hydrogens (tertiary/aromatic N) is 4. The highest BCUT2D eigenvalue weighted by Crippen LogP contribution is 2.35. The summed E-state index contributed by atoms with van der Waals surface area (Å²) in [6.07, 6.45) is 1.17. The number of rotatable bonds is 5. The van der Waals surface area contributed by atoms with Crippen LogP contribution >= 0.6 is 22.9 Å². The molecule has 4 N–H and O–H groups in total. The van der Waals surface area contributed by atoms with Crippen molar-refractivity contribution in [2.24, 2.45) is 0 Å². The lowest BCUT2D eigenvalue weighted by atomic mass is 10.1. The first-order valence-electron chi connectivity index (χ1n) is 8.88. The average molecular weight is 444 g/mol. The molecule has 1 unspecified atom stereocenters. The first-order valence-corrected chi connectivity index (χ1v) is 10.1. The van der Waals surface area contributed by atoms with Crippen LogP contribution in [0.3, 0.4) is 0 Å². The highest BCUT2D eigenvalue weighted by molar-refractivity contribution is 7.18. The van der Waals surface area contributed by atoms with Gasteiger partial charge in [0, 0.05) is 10.9 Å². The molecule has 1 aromatic carbocycles. The first-order chi connectivity index (χ1) is 14.6. The molecule has 1 amide bonds. The van der Waals surface area contributed by atoms with E-state index in [0.717, 1.165) is 16.5 Å². The van der Waals surface area contributed by atoms with Crippen molar-refractivity contribution < 1.29 is 14.6 Å². The van der Waals surface area contributed by atoms with E-state index in [4.69, 9.17) is 16.3 Å². The molecule has 12 heteroatoms. The maximum atomic E-state index is 11.3. The number of fused-ring (bicyclic) bond motifs is 1. The number of alkyl carbamates (subject to hydrolysis) is 1. The van der Waals surface area contributed by atoms with Crippen molar-refractivity contribution in [3.63, 3.8) is 0 Å². The number of carbonyl (C=O) groups excluding carboxylic acids is 1. The summed E-state index contributed by atoms with van der Waals surface area (Å²) in [4.78, 5) is 15.7. The van der Waals surface area contributed by atoms with Gasteiger partial charge in [-0.25, -0.2) is 4.79 Å². The van der Waals surface area contributed by atoms with Crippen LogP contribution in [0.2, 0.25) is 5.02 Å². The molecule has 5 rings (SSSR count). The second kappa shape index (κ2) is 7.52.